The van der Waals surface area contributed by atoms with Gasteiger partial charge in [-0.3, -0.25) is 0 Å². The van der Waals surface area contributed by atoms with Gasteiger partial charge in [0.15, 0.2) is 0 Å². The molecule has 3 unspecified atom stereocenters. The van der Waals surface area contributed by atoms with Gasteiger partial charge >= 0.3 is 0 Å². The van der Waals surface area contributed by atoms with Gasteiger partial charge in [0, 0.05) is 25.7 Å². The summed E-state index contributed by atoms with van der Waals surface area (Å²) in [6.07, 6.45) is 3.32. The van der Waals surface area contributed by atoms with Crippen LogP contribution in [0.3, 0.4) is 0 Å². The highest BCUT2D eigenvalue weighted by molar-refractivity contribution is 4.93. The van der Waals surface area contributed by atoms with E-state index < -0.39 is 0 Å². The summed E-state index contributed by atoms with van der Waals surface area (Å²) in [6, 6.07) is 0.602. The first-order chi connectivity index (χ1) is 8.41. The fraction of sp³-hybridized carbons (Fsp3) is 1.00. The Bertz CT molecular complexity index is 266. The second kappa shape index (κ2) is 5.48. The predicted octanol–water partition coefficient (Wildman–Crippen LogP) is 2.60. The van der Waals surface area contributed by atoms with E-state index in [0.29, 0.717) is 17.4 Å². The Kier molecular flexibility index (Phi) is 4.35. The number of nitrogens with one attached hydrogen (secondary N) is 1. The van der Waals surface area contributed by atoms with E-state index in [0.717, 1.165) is 45.6 Å². The maximum atomic E-state index is 5.97. The van der Waals surface area contributed by atoms with E-state index in [1.54, 1.807) is 0 Å². The summed E-state index contributed by atoms with van der Waals surface area (Å²) in [5.74, 6) is 0.691. The minimum absolute atomic E-state index is 0.0287. The molecule has 3 atom stereocenters. The first-order valence-electron chi connectivity index (χ1n) is 7.36. The molecule has 18 heavy (non-hydrogen) atoms. The van der Waals surface area contributed by atoms with Crippen LogP contribution in [0.1, 0.15) is 47.0 Å². The zero-order valence-electron chi connectivity index (χ0n) is 12.4. The van der Waals surface area contributed by atoms with Crippen molar-refractivity contribution in [2.45, 2.75) is 58.6 Å². The summed E-state index contributed by atoms with van der Waals surface area (Å²) in [7, 11) is 0. The zero-order chi connectivity index (χ0) is 13.2. The summed E-state index contributed by atoms with van der Waals surface area (Å²) < 4.78 is 11.5. The van der Waals surface area contributed by atoms with Crippen LogP contribution in [-0.2, 0) is 9.47 Å². The lowest BCUT2D eigenvalue weighted by Gasteiger charge is -2.38. The van der Waals surface area contributed by atoms with Gasteiger partial charge in [0.2, 0.25) is 0 Å². The largest absolute Gasteiger partial charge is 0.378 e. The SMILES string of the molecule is CC(CNC1CCOC2(CCOC2)C1)C(C)(C)C. The first-order valence-corrected chi connectivity index (χ1v) is 7.36. The van der Waals surface area contributed by atoms with Crippen LogP contribution < -0.4 is 5.32 Å². The lowest BCUT2D eigenvalue weighted by Crippen LogP contribution is -2.48. The Morgan fingerprint density at radius 2 is 2.11 bits per heavy atom. The molecule has 0 aliphatic carbocycles. The van der Waals surface area contributed by atoms with Crippen molar-refractivity contribution < 1.29 is 9.47 Å². The molecule has 3 heteroatoms. The molecule has 106 valence electrons. The lowest BCUT2D eigenvalue weighted by molar-refractivity contribution is -0.0897. The van der Waals surface area contributed by atoms with Gasteiger partial charge in [0.25, 0.3) is 0 Å². The van der Waals surface area contributed by atoms with Gasteiger partial charge < -0.3 is 14.8 Å². The maximum Gasteiger partial charge on any atom is 0.0951 e. The molecule has 0 bridgehead atoms. The molecule has 2 aliphatic rings. The van der Waals surface area contributed by atoms with Gasteiger partial charge in [-0.15, -0.1) is 0 Å². The normalized spacial score (nSPS) is 35.0. The lowest BCUT2D eigenvalue weighted by atomic mass is 9.81. The summed E-state index contributed by atoms with van der Waals surface area (Å²) in [4.78, 5) is 0. The molecule has 1 N–H and O–H groups in total. The highest BCUT2D eigenvalue weighted by Crippen LogP contribution is 2.33. The highest BCUT2D eigenvalue weighted by atomic mass is 16.6. The minimum atomic E-state index is 0.0287. The Labute approximate surface area is 112 Å². The molecule has 2 heterocycles. The van der Waals surface area contributed by atoms with Crippen LogP contribution in [0.4, 0.5) is 0 Å². The van der Waals surface area contributed by atoms with Crippen LogP contribution in [0.5, 0.6) is 0 Å². The van der Waals surface area contributed by atoms with Crippen molar-refractivity contribution in [3.8, 4) is 0 Å². The molecule has 3 nitrogen and oxygen atoms in total. The van der Waals surface area contributed by atoms with E-state index in [4.69, 9.17) is 9.47 Å². The molecular formula is C15H29NO2. The van der Waals surface area contributed by atoms with Gasteiger partial charge in [-0.1, -0.05) is 27.7 Å². The first kappa shape index (κ1) is 14.3. The van der Waals surface area contributed by atoms with E-state index >= 15 is 0 Å². The van der Waals surface area contributed by atoms with E-state index in [-0.39, 0.29) is 5.60 Å². The Hall–Kier alpha value is -0.120. The third-order valence-corrected chi connectivity index (χ3v) is 4.75. The van der Waals surface area contributed by atoms with Crippen molar-refractivity contribution in [3.63, 3.8) is 0 Å². The average Bonchev–Trinajstić information content (AvgIpc) is 2.73. The molecule has 2 rings (SSSR count). The van der Waals surface area contributed by atoms with Crippen molar-refractivity contribution in [2.75, 3.05) is 26.4 Å². The minimum Gasteiger partial charge on any atom is -0.378 e. The Morgan fingerprint density at radius 3 is 2.72 bits per heavy atom. The van der Waals surface area contributed by atoms with Crippen molar-refractivity contribution in [3.05, 3.63) is 0 Å². The quantitative estimate of drug-likeness (QED) is 0.841. The second-order valence-electron chi connectivity index (χ2n) is 7.20. The Morgan fingerprint density at radius 1 is 1.33 bits per heavy atom. The van der Waals surface area contributed by atoms with Gasteiger partial charge in [0.05, 0.1) is 12.2 Å². The molecule has 1 spiro atoms. The van der Waals surface area contributed by atoms with Gasteiger partial charge in [0.1, 0.15) is 0 Å². The molecule has 2 aliphatic heterocycles. The van der Waals surface area contributed by atoms with Gasteiger partial charge in [-0.25, -0.2) is 0 Å². The predicted molar refractivity (Wildman–Crippen MR) is 73.8 cm³/mol. The molecule has 0 aromatic carbocycles. The fourth-order valence-electron chi connectivity index (χ4n) is 2.71. The smallest absolute Gasteiger partial charge is 0.0951 e. The molecule has 0 saturated carbocycles. The van der Waals surface area contributed by atoms with Crippen molar-refractivity contribution >= 4 is 0 Å². The third-order valence-electron chi connectivity index (χ3n) is 4.75. The van der Waals surface area contributed by atoms with Crippen molar-refractivity contribution in [1.82, 2.24) is 5.32 Å². The van der Waals surface area contributed by atoms with E-state index in [1.807, 2.05) is 0 Å². The molecule has 0 radical (unpaired) electrons. The standard InChI is InChI=1S/C15H29NO2/c1-12(14(2,3)4)10-16-13-5-7-18-15(9-13)6-8-17-11-15/h12-13,16H,5-11H2,1-4H3. The maximum absolute atomic E-state index is 5.97. The molecule has 0 amide bonds. The fourth-order valence-corrected chi connectivity index (χ4v) is 2.71. The van der Waals surface area contributed by atoms with Crippen LogP contribution in [0.25, 0.3) is 0 Å². The molecule has 2 saturated heterocycles. The van der Waals surface area contributed by atoms with Crippen LogP contribution in [0.15, 0.2) is 0 Å². The van der Waals surface area contributed by atoms with Crippen molar-refractivity contribution in [1.29, 1.82) is 0 Å². The van der Waals surface area contributed by atoms with Gasteiger partial charge in [-0.2, -0.15) is 0 Å². The van der Waals surface area contributed by atoms with E-state index in [9.17, 15) is 0 Å². The molecule has 2 fully saturated rings. The highest BCUT2D eigenvalue weighted by Gasteiger charge is 2.40. The summed E-state index contributed by atoms with van der Waals surface area (Å²) >= 11 is 0. The van der Waals surface area contributed by atoms with E-state index in [1.165, 1.54) is 0 Å². The average molecular weight is 255 g/mol. The molecule has 0 aromatic rings. The second-order valence-corrected chi connectivity index (χ2v) is 7.20. The molecular weight excluding hydrogens is 226 g/mol. The van der Waals surface area contributed by atoms with Crippen LogP contribution in [-0.4, -0.2) is 38.0 Å². The third kappa shape index (κ3) is 3.46. The zero-order valence-corrected chi connectivity index (χ0v) is 12.4. The van der Waals surface area contributed by atoms with Gasteiger partial charge in [-0.05, 0) is 30.7 Å². The summed E-state index contributed by atoms with van der Waals surface area (Å²) in [6.45, 7) is 12.9. The number of ether oxygens (including phenoxy) is 2. The van der Waals surface area contributed by atoms with E-state index in [2.05, 4.69) is 33.0 Å². The number of hydrogen-bond acceptors (Lipinski definition) is 3. The van der Waals surface area contributed by atoms with Crippen molar-refractivity contribution in [2.24, 2.45) is 11.3 Å². The molecule has 0 aromatic heterocycles. The monoisotopic (exact) mass is 255 g/mol. The summed E-state index contributed by atoms with van der Waals surface area (Å²) in [5.41, 5.74) is 0.410. The number of hydrogen-bond donors (Lipinski definition) is 1. The van der Waals surface area contributed by atoms with Crippen LogP contribution in [0.2, 0.25) is 0 Å². The number of rotatable bonds is 3. The topological polar surface area (TPSA) is 30.5 Å². The summed E-state index contributed by atoms with van der Waals surface area (Å²) in [5, 5.41) is 3.74. The Balaban J connectivity index is 1.79. The van der Waals surface area contributed by atoms with Crippen LogP contribution in [0, 0.1) is 11.3 Å². The van der Waals surface area contributed by atoms with Crippen LogP contribution >= 0.6 is 0 Å².